The quantitative estimate of drug-likeness (QED) is 0.683. The molecule has 1 aliphatic carbocycles. The smallest absolute Gasteiger partial charge is 0.238 e. The molecule has 1 saturated carbocycles. The minimum atomic E-state index is -0.0687. The predicted molar refractivity (Wildman–Crippen MR) is 88.1 cm³/mol. The number of carbonyl (C=O) groups excluding carboxylic acids is 1. The molecule has 0 radical (unpaired) electrons. The zero-order chi connectivity index (χ0) is 15.2. The summed E-state index contributed by atoms with van der Waals surface area (Å²) < 4.78 is 0.769. The van der Waals surface area contributed by atoms with Crippen LogP contribution in [0.1, 0.15) is 25.7 Å². The van der Waals surface area contributed by atoms with E-state index in [0.717, 1.165) is 17.3 Å². The lowest BCUT2D eigenvalue weighted by Gasteiger charge is -2.27. The summed E-state index contributed by atoms with van der Waals surface area (Å²) in [5.41, 5.74) is 7.04. The average Bonchev–Trinajstić information content (AvgIpc) is 2.95. The van der Waals surface area contributed by atoms with Crippen molar-refractivity contribution in [3.63, 3.8) is 0 Å². The molecule has 1 fully saturated rings. The van der Waals surface area contributed by atoms with Crippen LogP contribution in [-0.4, -0.2) is 41.7 Å². The van der Waals surface area contributed by atoms with Gasteiger partial charge in [-0.2, -0.15) is 0 Å². The molecule has 1 aliphatic rings. The first kappa shape index (κ1) is 16.3. The van der Waals surface area contributed by atoms with Gasteiger partial charge in [-0.3, -0.25) is 9.69 Å². The lowest BCUT2D eigenvalue weighted by Crippen LogP contribution is -2.41. The normalized spacial score (nSPS) is 15.6. The highest BCUT2D eigenvalue weighted by Crippen LogP contribution is 2.25. The molecule has 0 atom stereocenters. The molecule has 5 nitrogen and oxygen atoms in total. The fourth-order valence-corrected chi connectivity index (χ4v) is 3.29. The second-order valence-electron chi connectivity index (χ2n) is 5.42. The number of nitrogens with two attached hydrogens (primary N) is 1. The number of carbonyl (C=O) groups is 1. The Balaban J connectivity index is 1.95. The zero-order valence-corrected chi connectivity index (χ0v) is 13.6. The van der Waals surface area contributed by atoms with Crippen molar-refractivity contribution < 1.29 is 9.90 Å². The molecule has 0 unspecified atom stereocenters. The number of nitrogen functional groups attached to an aromatic ring is 1. The maximum Gasteiger partial charge on any atom is 0.238 e. The molecule has 21 heavy (non-hydrogen) atoms. The van der Waals surface area contributed by atoms with E-state index in [-0.39, 0.29) is 12.5 Å². The number of rotatable bonds is 6. The molecule has 0 aliphatic heterocycles. The van der Waals surface area contributed by atoms with Crippen molar-refractivity contribution in [3.8, 4) is 0 Å². The van der Waals surface area contributed by atoms with Crippen molar-refractivity contribution in [2.45, 2.75) is 31.7 Å². The number of hydrogen-bond acceptors (Lipinski definition) is 4. The van der Waals surface area contributed by atoms with Crippen LogP contribution in [0.3, 0.4) is 0 Å². The molecule has 116 valence electrons. The molecular formula is C15H22BrN3O2. The molecule has 1 amide bonds. The van der Waals surface area contributed by atoms with E-state index in [1.54, 1.807) is 18.2 Å². The van der Waals surface area contributed by atoms with Crippen molar-refractivity contribution in [2.75, 3.05) is 30.7 Å². The van der Waals surface area contributed by atoms with Crippen LogP contribution in [0.25, 0.3) is 0 Å². The first-order valence-corrected chi connectivity index (χ1v) is 8.09. The van der Waals surface area contributed by atoms with Crippen LogP contribution in [0.2, 0.25) is 0 Å². The number of nitrogens with one attached hydrogen (secondary N) is 1. The Morgan fingerprint density at radius 2 is 2.14 bits per heavy atom. The number of nitrogens with zero attached hydrogens (tertiary/aromatic N) is 1. The molecule has 0 bridgehead atoms. The Bertz CT molecular complexity index is 490. The van der Waals surface area contributed by atoms with Crippen molar-refractivity contribution in [1.82, 2.24) is 4.90 Å². The Morgan fingerprint density at radius 1 is 1.43 bits per heavy atom. The van der Waals surface area contributed by atoms with E-state index in [2.05, 4.69) is 26.1 Å². The number of benzene rings is 1. The number of halogens is 1. The predicted octanol–water partition coefficient (Wildman–Crippen LogP) is 2.21. The Morgan fingerprint density at radius 3 is 2.76 bits per heavy atom. The summed E-state index contributed by atoms with van der Waals surface area (Å²) in [5, 5.41) is 12.1. The fraction of sp³-hybridized carbons (Fsp3) is 0.533. The first-order chi connectivity index (χ1) is 10.1. The Labute approximate surface area is 133 Å². The molecule has 0 heterocycles. The van der Waals surface area contributed by atoms with Gasteiger partial charge < -0.3 is 16.2 Å². The van der Waals surface area contributed by atoms with Crippen molar-refractivity contribution in [2.24, 2.45) is 0 Å². The first-order valence-electron chi connectivity index (χ1n) is 7.30. The van der Waals surface area contributed by atoms with Gasteiger partial charge in [-0.05, 0) is 47.0 Å². The molecular weight excluding hydrogens is 334 g/mol. The van der Waals surface area contributed by atoms with Gasteiger partial charge in [0.2, 0.25) is 5.91 Å². The Hall–Kier alpha value is -1.11. The maximum absolute atomic E-state index is 12.2. The highest BCUT2D eigenvalue weighted by atomic mass is 79.9. The second kappa shape index (κ2) is 7.77. The van der Waals surface area contributed by atoms with Crippen LogP contribution in [0.15, 0.2) is 22.7 Å². The minimum absolute atomic E-state index is 0.0687. The third kappa shape index (κ3) is 4.69. The van der Waals surface area contributed by atoms with Gasteiger partial charge in [-0.15, -0.1) is 0 Å². The van der Waals surface area contributed by atoms with Crippen LogP contribution in [-0.2, 0) is 4.79 Å². The second-order valence-corrected chi connectivity index (χ2v) is 6.27. The van der Waals surface area contributed by atoms with E-state index in [1.807, 2.05) is 0 Å². The molecule has 1 aromatic carbocycles. The third-order valence-electron chi connectivity index (χ3n) is 3.84. The molecule has 0 aromatic heterocycles. The van der Waals surface area contributed by atoms with E-state index >= 15 is 0 Å². The minimum Gasteiger partial charge on any atom is -0.399 e. The molecule has 0 spiro atoms. The van der Waals surface area contributed by atoms with E-state index in [4.69, 9.17) is 5.73 Å². The monoisotopic (exact) mass is 355 g/mol. The van der Waals surface area contributed by atoms with Crippen LogP contribution < -0.4 is 11.1 Å². The summed E-state index contributed by atoms with van der Waals surface area (Å²) in [6.45, 7) is 0.929. The largest absolute Gasteiger partial charge is 0.399 e. The number of amides is 1. The lowest BCUT2D eigenvalue weighted by atomic mass is 10.2. The summed E-state index contributed by atoms with van der Waals surface area (Å²) in [7, 11) is 0. The average molecular weight is 356 g/mol. The summed E-state index contributed by atoms with van der Waals surface area (Å²) in [5.74, 6) is -0.0687. The van der Waals surface area contributed by atoms with Crippen molar-refractivity contribution in [1.29, 1.82) is 0 Å². The van der Waals surface area contributed by atoms with Crippen LogP contribution in [0.5, 0.6) is 0 Å². The number of hydrogen-bond donors (Lipinski definition) is 3. The van der Waals surface area contributed by atoms with Gasteiger partial charge in [0.1, 0.15) is 0 Å². The summed E-state index contributed by atoms with van der Waals surface area (Å²) in [6.07, 6.45) is 4.63. The summed E-state index contributed by atoms with van der Waals surface area (Å²) >= 11 is 3.39. The maximum atomic E-state index is 12.2. The zero-order valence-electron chi connectivity index (χ0n) is 12.0. The highest BCUT2D eigenvalue weighted by Gasteiger charge is 2.24. The van der Waals surface area contributed by atoms with Gasteiger partial charge in [-0.1, -0.05) is 12.8 Å². The molecule has 2 rings (SSSR count). The van der Waals surface area contributed by atoms with Gasteiger partial charge >= 0.3 is 0 Å². The number of aliphatic hydroxyl groups excluding tert-OH is 1. The standard InChI is InChI=1S/C15H22BrN3O2/c16-13-9-11(17)5-6-14(13)18-15(21)10-19(7-8-20)12-3-1-2-4-12/h5-6,9,12,20H,1-4,7-8,10,17H2,(H,18,21). The van der Waals surface area contributed by atoms with Gasteiger partial charge in [0.05, 0.1) is 18.8 Å². The van der Waals surface area contributed by atoms with E-state index < -0.39 is 0 Å². The van der Waals surface area contributed by atoms with Gasteiger partial charge in [0, 0.05) is 22.7 Å². The topological polar surface area (TPSA) is 78.6 Å². The molecule has 4 N–H and O–H groups in total. The highest BCUT2D eigenvalue weighted by molar-refractivity contribution is 9.10. The van der Waals surface area contributed by atoms with Crippen molar-refractivity contribution in [3.05, 3.63) is 22.7 Å². The van der Waals surface area contributed by atoms with Crippen LogP contribution in [0.4, 0.5) is 11.4 Å². The number of anilines is 2. The molecule has 0 saturated heterocycles. The van der Waals surface area contributed by atoms with Crippen molar-refractivity contribution >= 4 is 33.2 Å². The van der Waals surface area contributed by atoms with E-state index in [9.17, 15) is 9.90 Å². The van der Waals surface area contributed by atoms with Gasteiger partial charge in [0.15, 0.2) is 0 Å². The number of aliphatic hydroxyl groups is 1. The van der Waals surface area contributed by atoms with Gasteiger partial charge in [0.25, 0.3) is 0 Å². The summed E-state index contributed by atoms with van der Waals surface area (Å²) in [4.78, 5) is 14.3. The van der Waals surface area contributed by atoms with Gasteiger partial charge in [-0.25, -0.2) is 0 Å². The fourth-order valence-electron chi connectivity index (χ4n) is 2.80. The summed E-state index contributed by atoms with van der Waals surface area (Å²) in [6, 6.07) is 5.71. The Kier molecular flexibility index (Phi) is 6.02. The molecule has 6 heteroatoms. The SMILES string of the molecule is Nc1ccc(NC(=O)CN(CCO)C2CCCC2)c(Br)c1. The van der Waals surface area contributed by atoms with E-state index in [1.165, 1.54) is 12.8 Å². The van der Waals surface area contributed by atoms with E-state index in [0.29, 0.717) is 30.5 Å². The third-order valence-corrected chi connectivity index (χ3v) is 4.50. The van der Waals surface area contributed by atoms with Crippen LogP contribution >= 0.6 is 15.9 Å². The molecule has 1 aromatic rings. The van der Waals surface area contributed by atoms with Crippen LogP contribution in [0, 0.1) is 0 Å². The lowest BCUT2D eigenvalue weighted by molar-refractivity contribution is -0.118.